The molecular formula is C16H19F2NS. The van der Waals surface area contributed by atoms with Crippen LogP contribution in [0.1, 0.15) is 35.2 Å². The Morgan fingerprint density at radius 1 is 1.15 bits per heavy atom. The number of hydrogen-bond acceptors (Lipinski definition) is 2. The fourth-order valence-corrected chi connectivity index (χ4v) is 3.09. The van der Waals surface area contributed by atoms with Crippen LogP contribution in [0.3, 0.4) is 0 Å². The molecule has 1 nitrogen and oxygen atoms in total. The van der Waals surface area contributed by atoms with Crippen LogP contribution in [0.15, 0.2) is 30.3 Å². The van der Waals surface area contributed by atoms with E-state index in [9.17, 15) is 8.78 Å². The molecule has 0 amide bonds. The van der Waals surface area contributed by atoms with Crippen molar-refractivity contribution in [2.24, 2.45) is 0 Å². The van der Waals surface area contributed by atoms with Crippen molar-refractivity contribution in [3.05, 3.63) is 57.3 Å². The predicted molar refractivity (Wildman–Crippen MR) is 80.2 cm³/mol. The van der Waals surface area contributed by atoms with Crippen molar-refractivity contribution in [2.75, 3.05) is 6.54 Å². The molecule has 1 N–H and O–H groups in total. The summed E-state index contributed by atoms with van der Waals surface area (Å²) in [6.07, 6.45) is 1.67. The lowest BCUT2D eigenvalue weighted by Crippen LogP contribution is -2.20. The summed E-state index contributed by atoms with van der Waals surface area (Å²) >= 11 is 1.81. The van der Waals surface area contributed by atoms with E-state index in [1.54, 1.807) is 0 Å². The maximum atomic E-state index is 13.1. The van der Waals surface area contributed by atoms with E-state index >= 15 is 0 Å². The standard InChI is InChI=1S/C16H19F2NS/c1-3-15-4-5-16(20-15)11(2)19-7-6-12-8-13(17)10-14(18)9-12/h4-5,8-11,19H,3,6-7H2,1-2H3. The molecule has 2 rings (SSSR count). The second-order valence-corrected chi connectivity index (χ2v) is 6.06. The monoisotopic (exact) mass is 295 g/mol. The minimum Gasteiger partial charge on any atom is -0.309 e. The molecule has 108 valence electrons. The molecule has 0 aliphatic rings. The number of hydrogen-bond donors (Lipinski definition) is 1. The lowest BCUT2D eigenvalue weighted by molar-refractivity contribution is 0.567. The molecule has 1 aromatic heterocycles. The van der Waals surface area contributed by atoms with Crippen LogP contribution in [-0.2, 0) is 12.8 Å². The topological polar surface area (TPSA) is 12.0 Å². The fourth-order valence-electron chi connectivity index (χ4n) is 2.11. The van der Waals surface area contributed by atoms with Gasteiger partial charge in [0.25, 0.3) is 0 Å². The van der Waals surface area contributed by atoms with E-state index in [4.69, 9.17) is 0 Å². The van der Waals surface area contributed by atoms with E-state index in [2.05, 4.69) is 31.3 Å². The van der Waals surface area contributed by atoms with Crippen LogP contribution in [0.2, 0.25) is 0 Å². The first kappa shape index (κ1) is 15.1. The molecule has 0 saturated carbocycles. The van der Waals surface area contributed by atoms with Gasteiger partial charge < -0.3 is 5.32 Å². The van der Waals surface area contributed by atoms with Crippen molar-refractivity contribution in [3.63, 3.8) is 0 Å². The number of benzene rings is 1. The summed E-state index contributed by atoms with van der Waals surface area (Å²) in [6.45, 7) is 4.95. The van der Waals surface area contributed by atoms with Gasteiger partial charge in [0.15, 0.2) is 0 Å². The third kappa shape index (κ3) is 4.12. The summed E-state index contributed by atoms with van der Waals surface area (Å²) in [5, 5.41) is 3.39. The third-order valence-corrected chi connectivity index (χ3v) is 4.66. The third-order valence-electron chi connectivity index (χ3n) is 3.24. The van der Waals surface area contributed by atoms with Gasteiger partial charge in [0.1, 0.15) is 11.6 Å². The smallest absolute Gasteiger partial charge is 0.126 e. The Hall–Kier alpha value is -1.26. The highest BCUT2D eigenvalue weighted by Gasteiger charge is 2.08. The Balaban J connectivity index is 1.85. The molecule has 1 heterocycles. The van der Waals surface area contributed by atoms with Crippen molar-refractivity contribution in [1.29, 1.82) is 0 Å². The molecule has 0 spiro atoms. The molecule has 4 heteroatoms. The van der Waals surface area contributed by atoms with Crippen LogP contribution in [0.25, 0.3) is 0 Å². The zero-order valence-corrected chi connectivity index (χ0v) is 12.6. The number of nitrogens with one attached hydrogen (secondary N) is 1. The Bertz CT molecular complexity index is 545. The molecule has 0 aliphatic carbocycles. The predicted octanol–water partition coefficient (Wildman–Crippen LogP) is 4.48. The van der Waals surface area contributed by atoms with Gasteiger partial charge in [0, 0.05) is 21.9 Å². The summed E-state index contributed by atoms with van der Waals surface area (Å²) in [5.41, 5.74) is 0.683. The molecule has 2 aromatic rings. The van der Waals surface area contributed by atoms with E-state index in [0.717, 1.165) is 12.5 Å². The summed E-state index contributed by atoms with van der Waals surface area (Å²) < 4.78 is 26.1. The normalized spacial score (nSPS) is 12.6. The Morgan fingerprint density at radius 3 is 2.45 bits per heavy atom. The van der Waals surface area contributed by atoms with Gasteiger partial charge >= 0.3 is 0 Å². The van der Waals surface area contributed by atoms with Crippen molar-refractivity contribution < 1.29 is 8.78 Å². The fraction of sp³-hybridized carbons (Fsp3) is 0.375. The van der Waals surface area contributed by atoms with Crippen LogP contribution in [-0.4, -0.2) is 6.54 Å². The van der Waals surface area contributed by atoms with E-state index in [1.165, 1.54) is 21.9 Å². The lowest BCUT2D eigenvalue weighted by atomic mass is 10.1. The molecule has 0 aliphatic heterocycles. The molecule has 0 bridgehead atoms. The van der Waals surface area contributed by atoms with E-state index in [0.29, 0.717) is 18.5 Å². The first-order valence-electron chi connectivity index (χ1n) is 6.85. The Morgan fingerprint density at radius 2 is 1.85 bits per heavy atom. The minimum absolute atomic E-state index is 0.263. The van der Waals surface area contributed by atoms with Gasteiger partial charge in [0.2, 0.25) is 0 Å². The van der Waals surface area contributed by atoms with Crippen molar-refractivity contribution in [1.82, 2.24) is 5.32 Å². The summed E-state index contributed by atoms with van der Waals surface area (Å²) in [4.78, 5) is 2.67. The molecule has 1 atom stereocenters. The maximum Gasteiger partial charge on any atom is 0.126 e. The number of thiophene rings is 1. The number of aryl methyl sites for hydroxylation is 1. The van der Waals surface area contributed by atoms with Crippen molar-refractivity contribution >= 4 is 11.3 Å². The van der Waals surface area contributed by atoms with Crippen LogP contribution in [0.5, 0.6) is 0 Å². The van der Waals surface area contributed by atoms with Crippen molar-refractivity contribution in [3.8, 4) is 0 Å². The van der Waals surface area contributed by atoms with Crippen molar-refractivity contribution in [2.45, 2.75) is 32.7 Å². The maximum absolute atomic E-state index is 13.1. The first-order chi connectivity index (χ1) is 9.58. The van der Waals surface area contributed by atoms with E-state index in [-0.39, 0.29) is 6.04 Å². The highest BCUT2D eigenvalue weighted by atomic mass is 32.1. The highest BCUT2D eigenvalue weighted by molar-refractivity contribution is 7.12. The van der Waals surface area contributed by atoms with E-state index < -0.39 is 11.6 Å². The van der Waals surface area contributed by atoms with Gasteiger partial charge in [-0.15, -0.1) is 11.3 Å². The number of halogens is 2. The second kappa shape index (κ2) is 6.95. The van der Waals surface area contributed by atoms with Crippen LogP contribution < -0.4 is 5.32 Å². The Kier molecular flexibility index (Phi) is 5.26. The highest BCUT2D eigenvalue weighted by Crippen LogP contribution is 2.23. The van der Waals surface area contributed by atoms with Gasteiger partial charge in [-0.05, 0) is 56.1 Å². The molecule has 1 aromatic carbocycles. The van der Waals surface area contributed by atoms with Crippen LogP contribution >= 0.6 is 11.3 Å². The number of rotatable bonds is 6. The largest absolute Gasteiger partial charge is 0.309 e. The summed E-state index contributed by atoms with van der Waals surface area (Å²) in [7, 11) is 0. The lowest BCUT2D eigenvalue weighted by Gasteiger charge is -2.12. The van der Waals surface area contributed by atoms with Gasteiger partial charge in [-0.3, -0.25) is 0 Å². The van der Waals surface area contributed by atoms with Gasteiger partial charge in [-0.25, -0.2) is 8.78 Å². The molecule has 0 radical (unpaired) electrons. The molecule has 0 saturated heterocycles. The molecule has 20 heavy (non-hydrogen) atoms. The average Bonchev–Trinajstić information content (AvgIpc) is 2.86. The zero-order valence-electron chi connectivity index (χ0n) is 11.7. The quantitative estimate of drug-likeness (QED) is 0.828. The van der Waals surface area contributed by atoms with Gasteiger partial charge in [0.05, 0.1) is 0 Å². The SMILES string of the molecule is CCc1ccc(C(C)NCCc2cc(F)cc(F)c2)s1. The van der Waals surface area contributed by atoms with Gasteiger partial charge in [-0.2, -0.15) is 0 Å². The average molecular weight is 295 g/mol. The van der Waals surface area contributed by atoms with Crippen LogP contribution in [0.4, 0.5) is 8.78 Å². The minimum atomic E-state index is -0.515. The molecular weight excluding hydrogens is 276 g/mol. The Labute approximate surface area is 122 Å². The summed E-state index contributed by atoms with van der Waals surface area (Å²) in [6, 6.07) is 8.23. The molecule has 1 unspecified atom stereocenters. The summed E-state index contributed by atoms with van der Waals surface area (Å²) in [5.74, 6) is -1.03. The first-order valence-corrected chi connectivity index (χ1v) is 7.67. The molecule has 0 fully saturated rings. The second-order valence-electron chi connectivity index (χ2n) is 4.86. The van der Waals surface area contributed by atoms with E-state index in [1.807, 2.05) is 11.3 Å². The van der Waals surface area contributed by atoms with Crippen LogP contribution in [0, 0.1) is 11.6 Å². The zero-order chi connectivity index (χ0) is 14.5. The van der Waals surface area contributed by atoms with Gasteiger partial charge in [-0.1, -0.05) is 6.92 Å².